The van der Waals surface area contributed by atoms with Gasteiger partial charge in [-0.05, 0) is 41.9 Å². The van der Waals surface area contributed by atoms with Crippen molar-refractivity contribution in [3.63, 3.8) is 0 Å². The maximum Gasteiger partial charge on any atom is 0.123 e. The van der Waals surface area contributed by atoms with Crippen LogP contribution in [-0.4, -0.2) is 17.5 Å². The zero-order valence-electron chi connectivity index (χ0n) is 8.97. The average molecular weight is 222 g/mol. The molecule has 0 saturated heterocycles. The smallest absolute Gasteiger partial charge is 0.123 e. The van der Waals surface area contributed by atoms with E-state index in [9.17, 15) is 4.39 Å². The Kier molecular flexibility index (Phi) is 2.21. The summed E-state index contributed by atoms with van der Waals surface area (Å²) < 4.78 is 14.6. The first-order valence-electron chi connectivity index (χ1n) is 5.24. The number of pyridine rings is 1. The highest BCUT2D eigenvalue weighted by Gasteiger charge is 2.09. The Morgan fingerprint density at radius 1 is 1.06 bits per heavy atom. The highest BCUT2D eigenvalue weighted by atomic mass is 19.1. The standard InChI is InChI=1S/C13H8BFN2/c14-12-11-3-1-2-8-17(11)16-13(12)9-4-6-10(15)7-5-9/h1-8H. The van der Waals surface area contributed by atoms with E-state index in [-0.39, 0.29) is 5.82 Å². The zero-order valence-corrected chi connectivity index (χ0v) is 8.97. The molecule has 3 aromatic rings. The number of fused-ring (bicyclic) bond motifs is 1. The van der Waals surface area contributed by atoms with Crippen molar-refractivity contribution in [1.29, 1.82) is 0 Å². The molecule has 2 nitrogen and oxygen atoms in total. The lowest BCUT2D eigenvalue weighted by molar-refractivity contribution is 0.628. The van der Waals surface area contributed by atoms with E-state index in [1.165, 1.54) is 12.1 Å². The third-order valence-corrected chi connectivity index (χ3v) is 2.70. The van der Waals surface area contributed by atoms with Gasteiger partial charge in [-0.25, -0.2) is 8.91 Å². The lowest BCUT2D eigenvalue weighted by Crippen LogP contribution is -2.03. The summed E-state index contributed by atoms with van der Waals surface area (Å²) in [6, 6.07) is 11.8. The lowest BCUT2D eigenvalue weighted by Gasteiger charge is -1.97. The largest absolute Gasteiger partial charge is 0.241 e. The fourth-order valence-electron chi connectivity index (χ4n) is 1.84. The molecule has 0 amide bonds. The first-order chi connectivity index (χ1) is 8.25. The van der Waals surface area contributed by atoms with Crippen molar-refractivity contribution < 1.29 is 4.39 Å². The van der Waals surface area contributed by atoms with Crippen LogP contribution in [0.25, 0.3) is 16.8 Å². The molecular formula is C13H8BFN2. The van der Waals surface area contributed by atoms with Crippen molar-refractivity contribution in [2.45, 2.75) is 0 Å². The Labute approximate surface area is 99.1 Å². The molecule has 0 saturated carbocycles. The molecule has 0 N–H and O–H groups in total. The van der Waals surface area contributed by atoms with E-state index in [4.69, 9.17) is 7.85 Å². The minimum absolute atomic E-state index is 0.268. The van der Waals surface area contributed by atoms with Crippen LogP contribution in [0.5, 0.6) is 0 Å². The number of rotatable bonds is 1. The van der Waals surface area contributed by atoms with Crippen molar-refractivity contribution >= 4 is 18.8 Å². The van der Waals surface area contributed by atoms with Gasteiger partial charge in [0.05, 0.1) is 11.2 Å². The van der Waals surface area contributed by atoms with Crippen LogP contribution in [-0.2, 0) is 0 Å². The average Bonchev–Trinajstić information content (AvgIpc) is 2.69. The van der Waals surface area contributed by atoms with E-state index in [2.05, 4.69) is 5.10 Å². The van der Waals surface area contributed by atoms with Crippen molar-refractivity contribution in [1.82, 2.24) is 9.61 Å². The van der Waals surface area contributed by atoms with Crippen LogP contribution in [0.15, 0.2) is 48.7 Å². The molecule has 2 aromatic heterocycles. The zero-order chi connectivity index (χ0) is 11.8. The quantitative estimate of drug-likeness (QED) is 0.575. The molecular weight excluding hydrogens is 214 g/mol. The molecule has 0 spiro atoms. The molecule has 1 aromatic carbocycles. The Morgan fingerprint density at radius 3 is 2.53 bits per heavy atom. The summed E-state index contributed by atoms with van der Waals surface area (Å²) >= 11 is 0. The van der Waals surface area contributed by atoms with Gasteiger partial charge in [0, 0.05) is 11.8 Å². The molecule has 4 heteroatoms. The maximum absolute atomic E-state index is 12.9. The third kappa shape index (κ3) is 1.62. The predicted octanol–water partition coefficient (Wildman–Crippen LogP) is 1.93. The summed E-state index contributed by atoms with van der Waals surface area (Å²) in [6.07, 6.45) is 1.83. The molecule has 3 rings (SSSR count). The summed E-state index contributed by atoms with van der Waals surface area (Å²) in [7, 11) is 6.03. The van der Waals surface area contributed by atoms with Gasteiger partial charge in [-0.3, -0.25) is 0 Å². The van der Waals surface area contributed by atoms with E-state index < -0.39 is 0 Å². The molecule has 0 aliphatic rings. The molecule has 2 radical (unpaired) electrons. The number of aromatic nitrogens is 2. The summed E-state index contributed by atoms with van der Waals surface area (Å²) in [4.78, 5) is 0. The van der Waals surface area contributed by atoms with Crippen LogP contribution in [0.1, 0.15) is 0 Å². The van der Waals surface area contributed by atoms with Crippen LogP contribution in [0.2, 0.25) is 0 Å². The Morgan fingerprint density at radius 2 is 1.82 bits per heavy atom. The summed E-state index contributed by atoms with van der Waals surface area (Å²) in [5.74, 6) is -0.268. The van der Waals surface area contributed by atoms with Gasteiger partial charge in [0.15, 0.2) is 0 Å². The van der Waals surface area contributed by atoms with E-state index in [1.807, 2.05) is 24.4 Å². The van der Waals surface area contributed by atoms with Gasteiger partial charge in [-0.15, -0.1) is 0 Å². The summed E-state index contributed by atoms with van der Waals surface area (Å²) in [6.45, 7) is 0. The number of halogens is 1. The van der Waals surface area contributed by atoms with Gasteiger partial charge in [0.1, 0.15) is 13.7 Å². The van der Waals surface area contributed by atoms with Crippen LogP contribution in [0, 0.1) is 5.82 Å². The van der Waals surface area contributed by atoms with E-state index in [0.717, 1.165) is 11.1 Å². The predicted molar refractivity (Wildman–Crippen MR) is 66.0 cm³/mol. The van der Waals surface area contributed by atoms with Gasteiger partial charge >= 0.3 is 0 Å². The second kappa shape index (κ2) is 3.73. The number of benzene rings is 1. The number of hydrogen-bond donors (Lipinski definition) is 0. The van der Waals surface area contributed by atoms with Crippen LogP contribution in [0.3, 0.4) is 0 Å². The fourth-order valence-corrected chi connectivity index (χ4v) is 1.84. The highest BCUT2D eigenvalue weighted by molar-refractivity contribution is 6.40. The molecule has 2 heterocycles. The SMILES string of the molecule is [B]c1c(-c2ccc(F)cc2)nn2ccccc12. The molecule has 0 bridgehead atoms. The second-order valence-electron chi connectivity index (χ2n) is 3.80. The van der Waals surface area contributed by atoms with Gasteiger partial charge < -0.3 is 0 Å². The van der Waals surface area contributed by atoms with Crippen molar-refractivity contribution in [3.8, 4) is 11.3 Å². The van der Waals surface area contributed by atoms with E-state index in [0.29, 0.717) is 11.2 Å². The second-order valence-corrected chi connectivity index (χ2v) is 3.80. The van der Waals surface area contributed by atoms with Gasteiger partial charge in [-0.1, -0.05) is 6.07 Å². The van der Waals surface area contributed by atoms with Crippen LogP contribution >= 0.6 is 0 Å². The van der Waals surface area contributed by atoms with Crippen molar-refractivity contribution in [3.05, 3.63) is 54.5 Å². The maximum atomic E-state index is 12.9. The lowest BCUT2D eigenvalue weighted by atomic mass is 9.91. The Balaban J connectivity index is 2.24. The molecule has 0 unspecified atom stereocenters. The van der Waals surface area contributed by atoms with E-state index in [1.54, 1.807) is 16.6 Å². The minimum atomic E-state index is -0.268. The Bertz CT molecular complexity index is 673. The first kappa shape index (κ1) is 10.1. The minimum Gasteiger partial charge on any atom is -0.241 e. The number of hydrogen-bond acceptors (Lipinski definition) is 1. The molecule has 0 aliphatic heterocycles. The topological polar surface area (TPSA) is 17.3 Å². The van der Waals surface area contributed by atoms with Crippen molar-refractivity contribution in [2.75, 3.05) is 0 Å². The van der Waals surface area contributed by atoms with Gasteiger partial charge in [0.25, 0.3) is 0 Å². The van der Waals surface area contributed by atoms with Crippen LogP contribution in [0.4, 0.5) is 4.39 Å². The molecule has 0 aliphatic carbocycles. The Hall–Kier alpha value is -2.10. The van der Waals surface area contributed by atoms with Crippen molar-refractivity contribution in [2.24, 2.45) is 0 Å². The fraction of sp³-hybridized carbons (Fsp3) is 0. The molecule has 80 valence electrons. The molecule has 0 atom stereocenters. The van der Waals surface area contributed by atoms with E-state index >= 15 is 0 Å². The first-order valence-corrected chi connectivity index (χ1v) is 5.24. The molecule has 0 fully saturated rings. The monoisotopic (exact) mass is 222 g/mol. The summed E-state index contributed by atoms with van der Waals surface area (Å²) in [5, 5.41) is 4.38. The highest BCUT2D eigenvalue weighted by Crippen LogP contribution is 2.17. The molecule has 17 heavy (non-hydrogen) atoms. The van der Waals surface area contributed by atoms with Gasteiger partial charge in [0.2, 0.25) is 0 Å². The van der Waals surface area contributed by atoms with Crippen LogP contribution < -0.4 is 5.46 Å². The summed E-state index contributed by atoms with van der Waals surface area (Å²) in [5.41, 5.74) is 2.95. The normalized spacial score (nSPS) is 10.9. The van der Waals surface area contributed by atoms with Gasteiger partial charge in [-0.2, -0.15) is 5.10 Å². The number of nitrogens with zero attached hydrogens (tertiary/aromatic N) is 2. The third-order valence-electron chi connectivity index (χ3n) is 2.70.